The minimum Gasteiger partial charge on any atom is -0.368 e. The van der Waals surface area contributed by atoms with Gasteiger partial charge in [0.1, 0.15) is 0 Å². The minimum absolute atomic E-state index is 0.191. The van der Waals surface area contributed by atoms with Gasteiger partial charge in [-0.3, -0.25) is 0 Å². The predicted molar refractivity (Wildman–Crippen MR) is 56.3 cm³/mol. The van der Waals surface area contributed by atoms with Crippen LogP contribution in [0.2, 0.25) is 0 Å². The van der Waals surface area contributed by atoms with Gasteiger partial charge in [0.05, 0.1) is 5.60 Å². The van der Waals surface area contributed by atoms with Crippen molar-refractivity contribution in [2.75, 3.05) is 0 Å². The van der Waals surface area contributed by atoms with Crippen LogP contribution in [0.4, 0.5) is 0 Å². The van der Waals surface area contributed by atoms with Gasteiger partial charge in [-0.15, -0.1) is 0 Å². The summed E-state index contributed by atoms with van der Waals surface area (Å²) in [6, 6.07) is 0. The highest BCUT2D eigenvalue weighted by atomic mass is 28.4. The monoisotopic (exact) mass is 222 g/mol. The van der Waals surface area contributed by atoms with Crippen molar-refractivity contribution >= 4 is 9.05 Å². The molecule has 5 heteroatoms. The Balaban J connectivity index is 4.70. The average Bonchev–Trinajstić information content (AvgIpc) is 2.11. The largest absolute Gasteiger partial charge is 0.671 e. The summed E-state index contributed by atoms with van der Waals surface area (Å²) in [7, 11) is -4.41. The summed E-state index contributed by atoms with van der Waals surface area (Å²) < 4.78 is 5.08. The molecule has 0 aliphatic heterocycles. The van der Waals surface area contributed by atoms with E-state index in [0.29, 0.717) is 12.8 Å². The third-order valence-electron chi connectivity index (χ3n) is 3.05. The van der Waals surface area contributed by atoms with Crippen molar-refractivity contribution in [2.45, 2.75) is 52.6 Å². The third kappa shape index (κ3) is 3.66. The lowest BCUT2D eigenvalue weighted by Crippen LogP contribution is -2.51. The molecule has 0 aromatic heterocycles. The molecule has 4 nitrogen and oxygen atoms in total. The fourth-order valence-corrected chi connectivity index (χ4v) is 2.87. The first kappa shape index (κ1) is 14.1. The molecule has 86 valence electrons. The lowest BCUT2D eigenvalue weighted by atomic mass is 9.82. The second-order valence-corrected chi connectivity index (χ2v) is 5.11. The van der Waals surface area contributed by atoms with E-state index in [1.165, 1.54) is 0 Å². The van der Waals surface area contributed by atoms with Crippen molar-refractivity contribution in [1.82, 2.24) is 0 Å². The molecule has 0 aromatic rings. The molecule has 0 saturated carbocycles. The molecule has 1 unspecified atom stereocenters. The number of hydrogen-bond donors (Lipinski definition) is 3. The first-order chi connectivity index (χ1) is 6.31. The van der Waals surface area contributed by atoms with Crippen molar-refractivity contribution in [3.63, 3.8) is 0 Å². The van der Waals surface area contributed by atoms with Gasteiger partial charge >= 0.3 is 9.05 Å². The fourth-order valence-electron chi connectivity index (χ4n) is 1.84. The lowest BCUT2D eigenvalue weighted by Gasteiger charge is -2.39. The van der Waals surface area contributed by atoms with Crippen LogP contribution in [0.3, 0.4) is 0 Å². The van der Waals surface area contributed by atoms with Gasteiger partial charge in [-0.1, -0.05) is 34.1 Å². The third-order valence-corrected chi connectivity index (χ3v) is 3.73. The predicted octanol–water partition coefficient (Wildman–Crippen LogP) is 1.02. The van der Waals surface area contributed by atoms with Gasteiger partial charge in [0.25, 0.3) is 0 Å². The standard InChI is InChI=1S/C9H22O4Si/c1-5-8(4)9(6-2,7-3)13-14(10,11)12/h8,10-12H,5-7H2,1-4H3. The molecule has 0 aliphatic carbocycles. The highest BCUT2D eigenvalue weighted by Crippen LogP contribution is 2.33. The number of rotatable bonds is 6. The van der Waals surface area contributed by atoms with Crippen LogP contribution in [-0.2, 0) is 4.43 Å². The molecule has 14 heavy (non-hydrogen) atoms. The smallest absolute Gasteiger partial charge is 0.368 e. The molecule has 0 spiro atoms. The summed E-state index contributed by atoms with van der Waals surface area (Å²) in [5, 5.41) is 0. The maximum Gasteiger partial charge on any atom is 0.671 e. The first-order valence-corrected chi connectivity index (χ1v) is 6.93. The molecule has 0 bridgehead atoms. The van der Waals surface area contributed by atoms with Crippen LogP contribution in [0, 0.1) is 5.92 Å². The van der Waals surface area contributed by atoms with Crippen LogP contribution in [0.5, 0.6) is 0 Å². The lowest BCUT2D eigenvalue weighted by molar-refractivity contribution is -0.0783. The maximum atomic E-state index is 8.99. The van der Waals surface area contributed by atoms with E-state index in [-0.39, 0.29) is 5.92 Å². The maximum absolute atomic E-state index is 8.99. The molecular weight excluding hydrogens is 200 g/mol. The van der Waals surface area contributed by atoms with Crippen LogP contribution in [0.1, 0.15) is 47.0 Å². The van der Waals surface area contributed by atoms with Crippen LogP contribution in [0.15, 0.2) is 0 Å². The van der Waals surface area contributed by atoms with E-state index < -0.39 is 14.6 Å². The van der Waals surface area contributed by atoms with E-state index in [1.807, 2.05) is 27.7 Å². The van der Waals surface area contributed by atoms with Gasteiger partial charge in [-0.25, -0.2) is 0 Å². The molecule has 0 amide bonds. The summed E-state index contributed by atoms with van der Waals surface area (Å²) in [6.45, 7) is 7.86. The Morgan fingerprint density at radius 1 is 1.14 bits per heavy atom. The molecule has 0 rings (SSSR count). The SMILES string of the molecule is CCC(C)C(CC)(CC)O[Si](O)(O)O. The highest BCUT2D eigenvalue weighted by molar-refractivity contribution is 6.48. The van der Waals surface area contributed by atoms with Gasteiger partial charge in [0.15, 0.2) is 0 Å². The quantitative estimate of drug-likeness (QED) is 0.587. The highest BCUT2D eigenvalue weighted by Gasteiger charge is 2.44. The Morgan fingerprint density at radius 2 is 1.57 bits per heavy atom. The molecular formula is C9H22O4Si. The van der Waals surface area contributed by atoms with E-state index >= 15 is 0 Å². The molecule has 3 N–H and O–H groups in total. The van der Waals surface area contributed by atoms with E-state index in [1.54, 1.807) is 0 Å². The molecule has 0 fully saturated rings. The molecule has 0 saturated heterocycles. The zero-order valence-electron chi connectivity index (χ0n) is 9.45. The van der Waals surface area contributed by atoms with Crippen molar-refractivity contribution in [2.24, 2.45) is 5.92 Å². The van der Waals surface area contributed by atoms with Crippen LogP contribution >= 0.6 is 0 Å². The minimum atomic E-state index is -4.41. The zero-order chi connectivity index (χ0) is 11.4. The molecule has 1 atom stereocenters. The van der Waals surface area contributed by atoms with Crippen LogP contribution in [0.25, 0.3) is 0 Å². The van der Waals surface area contributed by atoms with Crippen molar-refractivity contribution < 1.29 is 18.8 Å². The summed E-state index contributed by atoms with van der Waals surface area (Å²) in [5.41, 5.74) is -0.612. The van der Waals surface area contributed by atoms with Gasteiger partial charge in [0.2, 0.25) is 0 Å². The molecule has 0 radical (unpaired) electrons. The summed E-state index contributed by atoms with van der Waals surface area (Å²) in [6.07, 6.45) is 2.20. The molecule has 0 heterocycles. The first-order valence-electron chi connectivity index (χ1n) is 5.18. The van der Waals surface area contributed by atoms with Crippen molar-refractivity contribution in [3.05, 3.63) is 0 Å². The van der Waals surface area contributed by atoms with Crippen molar-refractivity contribution in [1.29, 1.82) is 0 Å². The molecule has 0 aromatic carbocycles. The van der Waals surface area contributed by atoms with Crippen LogP contribution < -0.4 is 0 Å². The second kappa shape index (κ2) is 5.23. The Kier molecular flexibility index (Phi) is 5.25. The van der Waals surface area contributed by atoms with Gasteiger partial charge < -0.3 is 18.8 Å². The summed E-state index contributed by atoms with van der Waals surface area (Å²) >= 11 is 0. The zero-order valence-corrected chi connectivity index (χ0v) is 10.4. The fraction of sp³-hybridized carbons (Fsp3) is 1.00. The summed E-state index contributed by atoms with van der Waals surface area (Å²) in [5.74, 6) is 0.191. The topological polar surface area (TPSA) is 69.9 Å². The van der Waals surface area contributed by atoms with Crippen molar-refractivity contribution in [3.8, 4) is 0 Å². The Hall–Kier alpha value is 0.0569. The van der Waals surface area contributed by atoms with Gasteiger partial charge in [-0.2, -0.15) is 0 Å². The average molecular weight is 222 g/mol. The molecule has 0 aliphatic rings. The van der Waals surface area contributed by atoms with Gasteiger partial charge in [0, 0.05) is 0 Å². The van der Waals surface area contributed by atoms with E-state index in [9.17, 15) is 0 Å². The Morgan fingerprint density at radius 3 is 1.79 bits per heavy atom. The second-order valence-electron chi connectivity index (χ2n) is 3.76. The Labute approximate surface area is 87.0 Å². The Bertz CT molecular complexity index is 163. The normalized spacial score (nSPS) is 15.6. The van der Waals surface area contributed by atoms with E-state index in [2.05, 4.69) is 0 Å². The van der Waals surface area contributed by atoms with Gasteiger partial charge in [-0.05, 0) is 18.8 Å². The number of hydrogen-bond acceptors (Lipinski definition) is 4. The van der Waals surface area contributed by atoms with E-state index in [4.69, 9.17) is 18.8 Å². The van der Waals surface area contributed by atoms with E-state index in [0.717, 1.165) is 6.42 Å². The van der Waals surface area contributed by atoms with Crippen LogP contribution in [-0.4, -0.2) is 29.0 Å². The summed E-state index contributed by atoms with van der Waals surface area (Å²) in [4.78, 5) is 27.0.